The molecule has 32 heavy (non-hydrogen) atoms. The van der Waals surface area contributed by atoms with Crippen molar-refractivity contribution in [1.82, 2.24) is 15.0 Å². The Morgan fingerprint density at radius 3 is 2.50 bits per heavy atom. The van der Waals surface area contributed by atoms with Gasteiger partial charge < -0.3 is 5.32 Å². The van der Waals surface area contributed by atoms with Crippen molar-refractivity contribution in [3.8, 4) is 11.1 Å². The third-order valence-electron chi connectivity index (χ3n) is 5.22. The topological polar surface area (TPSA) is 84.8 Å². The lowest BCUT2D eigenvalue weighted by Crippen LogP contribution is -2.13. The van der Waals surface area contributed by atoms with E-state index in [1.807, 2.05) is 0 Å². The van der Waals surface area contributed by atoms with E-state index in [-0.39, 0.29) is 22.6 Å². The van der Waals surface area contributed by atoms with Crippen molar-refractivity contribution in [2.75, 3.05) is 5.32 Å². The van der Waals surface area contributed by atoms with Gasteiger partial charge in [0.2, 0.25) is 11.6 Å². The van der Waals surface area contributed by atoms with Gasteiger partial charge >= 0.3 is 6.18 Å². The summed E-state index contributed by atoms with van der Waals surface area (Å²) in [5.74, 6) is -2.09. The minimum Gasteiger partial charge on any atom is -0.355 e. The van der Waals surface area contributed by atoms with E-state index in [2.05, 4.69) is 20.3 Å². The van der Waals surface area contributed by atoms with Crippen LogP contribution in [0.3, 0.4) is 0 Å². The minimum atomic E-state index is -4.76. The number of aromatic nitrogens is 3. The molecule has 2 aromatic heterocycles. The number of fused-ring (bicyclic) bond motifs is 5. The maximum absolute atomic E-state index is 13.0. The molecule has 0 amide bonds. The van der Waals surface area contributed by atoms with Crippen molar-refractivity contribution in [3.63, 3.8) is 0 Å². The summed E-state index contributed by atoms with van der Waals surface area (Å²) in [5, 5.41) is 3.75. The highest BCUT2D eigenvalue weighted by Crippen LogP contribution is 2.41. The van der Waals surface area contributed by atoms with Crippen LogP contribution in [0.2, 0.25) is 0 Å². The molecule has 0 bridgehead atoms. The van der Waals surface area contributed by atoms with Crippen LogP contribution in [0.25, 0.3) is 22.0 Å². The Balaban J connectivity index is 1.66. The number of anilines is 2. The Morgan fingerprint density at radius 2 is 1.75 bits per heavy atom. The zero-order chi connectivity index (χ0) is 22.6. The normalized spacial score (nSPS) is 12.6. The van der Waals surface area contributed by atoms with Gasteiger partial charge in [-0.1, -0.05) is 12.1 Å². The quantitative estimate of drug-likeness (QED) is 0.393. The zero-order valence-electron chi connectivity index (χ0n) is 16.5. The third kappa shape index (κ3) is 3.09. The van der Waals surface area contributed by atoms with Gasteiger partial charge in [-0.05, 0) is 37.3 Å². The summed E-state index contributed by atoms with van der Waals surface area (Å²) < 4.78 is 39.1. The van der Waals surface area contributed by atoms with E-state index < -0.39 is 17.8 Å². The highest BCUT2D eigenvalue weighted by Gasteiger charge is 2.38. The number of alkyl halides is 3. The molecular weight excluding hydrogens is 421 g/mol. The summed E-state index contributed by atoms with van der Waals surface area (Å²) in [7, 11) is 0. The Kier molecular flexibility index (Phi) is 4.30. The fraction of sp³-hybridized carbons (Fsp3) is 0.0870. The highest BCUT2D eigenvalue weighted by molar-refractivity contribution is 6.24. The molecule has 0 fully saturated rings. The molecule has 0 saturated carbocycles. The van der Waals surface area contributed by atoms with E-state index in [0.717, 1.165) is 6.20 Å². The zero-order valence-corrected chi connectivity index (χ0v) is 16.5. The number of hydrogen-bond donors (Lipinski definition) is 1. The number of carbonyl (C=O) groups excluding carboxylic acids is 2. The predicted octanol–water partition coefficient (Wildman–Crippen LogP) is 5.20. The molecule has 1 N–H and O–H groups in total. The molecule has 0 saturated heterocycles. The summed E-state index contributed by atoms with van der Waals surface area (Å²) in [6.07, 6.45) is -2.39. The molecule has 1 aliphatic carbocycles. The molecule has 0 radical (unpaired) electrons. The van der Waals surface area contributed by atoms with Crippen molar-refractivity contribution >= 4 is 33.8 Å². The van der Waals surface area contributed by atoms with E-state index in [1.54, 1.807) is 42.5 Å². The largest absolute Gasteiger partial charge is 0.451 e. The number of ketones is 2. The van der Waals surface area contributed by atoms with Gasteiger partial charge in [0.1, 0.15) is 5.69 Å². The lowest BCUT2D eigenvalue weighted by molar-refractivity contribution is -0.145. The van der Waals surface area contributed by atoms with E-state index >= 15 is 0 Å². The fourth-order valence-corrected chi connectivity index (χ4v) is 3.79. The molecule has 4 aromatic rings. The highest BCUT2D eigenvalue weighted by atomic mass is 19.4. The molecule has 2 aromatic carbocycles. The Labute approximate surface area is 179 Å². The molecule has 0 atom stereocenters. The van der Waals surface area contributed by atoms with Crippen LogP contribution in [0.1, 0.15) is 39.2 Å². The Hall–Kier alpha value is -4.14. The van der Waals surface area contributed by atoms with E-state index in [4.69, 9.17) is 0 Å². The van der Waals surface area contributed by atoms with E-state index in [9.17, 15) is 22.8 Å². The fourth-order valence-electron chi connectivity index (χ4n) is 3.79. The van der Waals surface area contributed by atoms with E-state index in [0.29, 0.717) is 33.4 Å². The second-order valence-electron chi connectivity index (χ2n) is 7.29. The van der Waals surface area contributed by atoms with Crippen LogP contribution in [0.15, 0.2) is 54.9 Å². The molecule has 9 heteroatoms. The molecule has 0 unspecified atom stereocenters. The number of rotatable bonds is 3. The summed E-state index contributed by atoms with van der Waals surface area (Å²) in [6.45, 7) is 1.47. The van der Waals surface area contributed by atoms with Crippen molar-refractivity contribution in [3.05, 3.63) is 77.5 Å². The SMILES string of the molecule is CC(=O)c1ccccc1Nc1ccc2ncc3c(c2c1)-c1cnc(C(F)(F)F)nc1C3=O. The Bertz CT molecular complexity index is 1450. The van der Waals surface area contributed by atoms with Crippen LogP contribution in [0, 0.1) is 0 Å². The third-order valence-corrected chi connectivity index (χ3v) is 5.22. The van der Waals surface area contributed by atoms with Gasteiger partial charge in [-0.2, -0.15) is 13.2 Å². The first-order chi connectivity index (χ1) is 15.2. The molecule has 1 aliphatic rings. The number of carbonyl (C=O) groups is 2. The maximum Gasteiger partial charge on any atom is 0.451 e. The molecule has 158 valence electrons. The molecule has 2 heterocycles. The number of halogens is 3. The predicted molar refractivity (Wildman–Crippen MR) is 111 cm³/mol. The van der Waals surface area contributed by atoms with Gasteiger partial charge in [-0.15, -0.1) is 0 Å². The van der Waals surface area contributed by atoms with Crippen LogP contribution in [0.5, 0.6) is 0 Å². The average molecular weight is 434 g/mol. The van der Waals surface area contributed by atoms with Crippen LogP contribution >= 0.6 is 0 Å². The molecular formula is C23H13F3N4O2. The standard InChI is InChI=1S/C23H13F3N4O2/c1-11(31)13-4-2-3-5-18(13)29-12-6-7-17-14(8-12)19-15-9-28-22(23(24,25)26)30-20(15)21(32)16(19)10-27-17/h2-10,29H,1H3. The minimum absolute atomic E-state index is 0.103. The summed E-state index contributed by atoms with van der Waals surface area (Å²) in [6, 6.07) is 12.2. The van der Waals surface area contributed by atoms with Crippen molar-refractivity contribution < 1.29 is 22.8 Å². The van der Waals surface area contributed by atoms with Crippen LogP contribution in [-0.2, 0) is 6.18 Å². The first kappa shape index (κ1) is 19.8. The number of Topliss-reactive ketones (excluding diaryl/α,β-unsaturated/α-hetero) is 1. The molecule has 6 nitrogen and oxygen atoms in total. The van der Waals surface area contributed by atoms with Crippen molar-refractivity contribution in [2.24, 2.45) is 0 Å². The first-order valence-corrected chi connectivity index (χ1v) is 9.53. The smallest absolute Gasteiger partial charge is 0.355 e. The van der Waals surface area contributed by atoms with Crippen molar-refractivity contribution in [1.29, 1.82) is 0 Å². The number of nitrogens with one attached hydrogen (secondary N) is 1. The molecule has 0 aliphatic heterocycles. The lowest BCUT2D eigenvalue weighted by Gasteiger charge is -2.12. The number of para-hydroxylation sites is 1. The first-order valence-electron chi connectivity index (χ1n) is 9.53. The van der Waals surface area contributed by atoms with Gasteiger partial charge in [0.05, 0.1) is 11.1 Å². The van der Waals surface area contributed by atoms with Gasteiger partial charge in [0, 0.05) is 45.8 Å². The van der Waals surface area contributed by atoms with Gasteiger partial charge in [-0.3, -0.25) is 14.6 Å². The number of hydrogen-bond acceptors (Lipinski definition) is 6. The summed E-state index contributed by atoms with van der Waals surface area (Å²) in [4.78, 5) is 35.8. The summed E-state index contributed by atoms with van der Waals surface area (Å²) >= 11 is 0. The van der Waals surface area contributed by atoms with Crippen LogP contribution in [0.4, 0.5) is 24.5 Å². The number of pyridine rings is 1. The monoisotopic (exact) mass is 434 g/mol. The van der Waals surface area contributed by atoms with Gasteiger partial charge in [0.15, 0.2) is 5.78 Å². The van der Waals surface area contributed by atoms with Crippen LogP contribution in [-0.4, -0.2) is 26.5 Å². The lowest BCUT2D eigenvalue weighted by atomic mass is 10.0. The van der Waals surface area contributed by atoms with Gasteiger partial charge in [-0.25, -0.2) is 9.97 Å². The second-order valence-corrected chi connectivity index (χ2v) is 7.29. The van der Waals surface area contributed by atoms with E-state index in [1.165, 1.54) is 13.1 Å². The van der Waals surface area contributed by atoms with Gasteiger partial charge in [0.25, 0.3) is 0 Å². The van der Waals surface area contributed by atoms with Crippen molar-refractivity contribution in [2.45, 2.75) is 13.1 Å². The molecule has 5 rings (SSSR count). The second kappa shape index (κ2) is 6.94. The number of nitrogens with zero attached hydrogens (tertiary/aromatic N) is 3. The van der Waals surface area contributed by atoms with Crippen LogP contribution < -0.4 is 5.32 Å². The Morgan fingerprint density at radius 1 is 1.00 bits per heavy atom. The number of benzene rings is 2. The average Bonchev–Trinajstić information content (AvgIpc) is 3.05. The summed E-state index contributed by atoms with van der Waals surface area (Å²) in [5.41, 5.74) is 2.83. The maximum atomic E-state index is 13.0. The molecule has 0 spiro atoms.